The SMILES string of the molecule is CNc1ncnn2c([C@]3(C#N)O[C@H](COC(=O)CC4CCC4)[C@@H](OC(=O)[C@@H](N)C(C)(C)C)[C@H]3O)ccc12. The van der Waals surface area contributed by atoms with Crippen molar-refractivity contribution in [2.45, 2.75) is 76.4 Å². The van der Waals surface area contributed by atoms with Gasteiger partial charge in [-0.15, -0.1) is 0 Å². The molecular weight excluding hydrogens is 480 g/mol. The number of carbonyl (C=O) groups is 2. The fourth-order valence-electron chi connectivity index (χ4n) is 4.58. The summed E-state index contributed by atoms with van der Waals surface area (Å²) in [5.74, 6) is -0.373. The average molecular weight is 515 g/mol. The number of aromatic nitrogens is 3. The molecule has 1 aliphatic heterocycles. The van der Waals surface area contributed by atoms with Crippen molar-refractivity contribution in [2.75, 3.05) is 19.0 Å². The topological polar surface area (TPSA) is 174 Å². The van der Waals surface area contributed by atoms with Crippen LogP contribution in [0.5, 0.6) is 0 Å². The van der Waals surface area contributed by atoms with Gasteiger partial charge < -0.3 is 30.4 Å². The van der Waals surface area contributed by atoms with Gasteiger partial charge in [-0.2, -0.15) is 10.4 Å². The molecule has 0 unspecified atom stereocenters. The third-order valence-corrected chi connectivity index (χ3v) is 7.19. The van der Waals surface area contributed by atoms with E-state index in [0.29, 0.717) is 17.3 Å². The molecule has 200 valence electrons. The normalized spacial score (nSPS) is 26.8. The lowest BCUT2D eigenvalue weighted by atomic mass is 9.83. The summed E-state index contributed by atoms with van der Waals surface area (Å²) in [4.78, 5) is 29.5. The van der Waals surface area contributed by atoms with Gasteiger partial charge in [-0.25, -0.2) is 9.50 Å². The minimum absolute atomic E-state index is 0.209. The number of nitrogens with two attached hydrogens (primary N) is 1. The summed E-state index contributed by atoms with van der Waals surface area (Å²) < 4.78 is 18.6. The molecule has 1 saturated carbocycles. The first-order chi connectivity index (χ1) is 17.5. The monoisotopic (exact) mass is 514 g/mol. The Labute approximate surface area is 215 Å². The molecule has 0 radical (unpaired) electrons. The van der Waals surface area contributed by atoms with Gasteiger partial charge in [0.25, 0.3) is 0 Å². The molecule has 3 heterocycles. The van der Waals surface area contributed by atoms with Crippen LogP contribution in [0.25, 0.3) is 5.52 Å². The van der Waals surface area contributed by atoms with E-state index < -0.39 is 47.3 Å². The van der Waals surface area contributed by atoms with E-state index in [9.17, 15) is 20.0 Å². The molecule has 12 heteroatoms. The van der Waals surface area contributed by atoms with Crippen LogP contribution in [0.3, 0.4) is 0 Å². The molecule has 1 saturated heterocycles. The maximum atomic E-state index is 12.9. The van der Waals surface area contributed by atoms with E-state index >= 15 is 0 Å². The van der Waals surface area contributed by atoms with E-state index in [2.05, 4.69) is 21.5 Å². The molecule has 4 rings (SSSR count). The molecule has 0 spiro atoms. The number of aliphatic hydroxyl groups excluding tert-OH is 1. The maximum Gasteiger partial charge on any atom is 0.323 e. The molecule has 1 aliphatic carbocycles. The van der Waals surface area contributed by atoms with Crippen LogP contribution in [0.4, 0.5) is 5.82 Å². The van der Waals surface area contributed by atoms with Crippen molar-refractivity contribution < 1.29 is 28.9 Å². The molecule has 4 N–H and O–H groups in total. The Morgan fingerprint density at radius 2 is 2.14 bits per heavy atom. The molecule has 0 aromatic carbocycles. The number of rotatable bonds is 8. The number of nitriles is 1. The van der Waals surface area contributed by atoms with Gasteiger partial charge >= 0.3 is 11.9 Å². The molecular formula is C25H34N6O6. The van der Waals surface area contributed by atoms with E-state index in [0.717, 1.165) is 19.3 Å². The lowest BCUT2D eigenvalue weighted by molar-refractivity contribution is -0.163. The van der Waals surface area contributed by atoms with Crippen LogP contribution in [-0.2, 0) is 29.4 Å². The van der Waals surface area contributed by atoms with Crippen molar-refractivity contribution in [2.24, 2.45) is 17.1 Å². The number of aliphatic hydroxyl groups is 1. The van der Waals surface area contributed by atoms with E-state index in [-0.39, 0.29) is 18.7 Å². The Kier molecular flexibility index (Phi) is 7.41. The van der Waals surface area contributed by atoms with Crippen LogP contribution in [0.2, 0.25) is 0 Å². The van der Waals surface area contributed by atoms with E-state index in [1.54, 1.807) is 40.0 Å². The first-order valence-electron chi connectivity index (χ1n) is 12.4. The molecule has 37 heavy (non-hydrogen) atoms. The van der Waals surface area contributed by atoms with Crippen molar-refractivity contribution in [3.63, 3.8) is 0 Å². The summed E-state index contributed by atoms with van der Waals surface area (Å²) in [5, 5.41) is 28.9. The van der Waals surface area contributed by atoms with Crippen LogP contribution in [-0.4, -0.2) is 69.7 Å². The highest BCUT2D eigenvalue weighted by molar-refractivity contribution is 5.77. The van der Waals surface area contributed by atoms with E-state index in [1.807, 2.05) is 0 Å². The third kappa shape index (κ3) is 4.99. The van der Waals surface area contributed by atoms with Crippen LogP contribution >= 0.6 is 0 Å². The smallest absolute Gasteiger partial charge is 0.323 e. The average Bonchev–Trinajstić information content (AvgIpc) is 3.39. The Morgan fingerprint density at radius 1 is 1.41 bits per heavy atom. The zero-order valence-electron chi connectivity index (χ0n) is 21.5. The van der Waals surface area contributed by atoms with Crippen molar-refractivity contribution in [3.05, 3.63) is 24.2 Å². The number of hydrogen-bond acceptors (Lipinski definition) is 11. The summed E-state index contributed by atoms with van der Waals surface area (Å²) in [6.45, 7) is 5.04. The van der Waals surface area contributed by atoms with Gasteiger partial charge in [0.05, 0.1) is 5.69 Å². The summed E-state index contributed by atoms with van der Waals surface area (Å²) in [7, 11) is 1.69. The Balaban J connectivity index is 1.65. The van der Waals surface area contributed by atoms with Gasteiger partial charge in [-0.05, 0) is 36.3 Å². The van der Waals surface area contributed by atoms with Crippen LogP contribution in [0, 0.1) is 22.7 Å². The van der Waals surface area contributed by atoms with Crippen molar-refractivity contribution >= 4 is 23.3 Å². The summed E-state index contributed by atoms with van der Waals surface area (Å²) in [6.07, 6.45) is 0.563. The maximum absolute atomic E-state index is 12.9. The summed E-state index contributed by atoms with van der Waals surface area (Å²) >= 11 is 0. The zero-order chi connectivity index (χ0) is 27.0. The number of esters is 2. The largest absolute Gasteiger partial charge is 0.463 e. The van der Waals surface area contributed by atoms with Gasteiger partial charge in [0.2, 0.25) is 5.60 Å². The van der Waals surface area contributed by atoms with Gasteiger partial charge in [0.15, 0.2) is 11.9 Å². The second-order valence-corrected chi connectivity index (χ2v) is 10.8. The zero-order valence-corrected chi connectivity index (χ0v) is 21.5. The summed E-state index contributed by atoms with van der Waals surface area (Å²) in [5.41, 5.74) is 4.25. The van der Waals surface area contributed by atoms with Gasteiger partial charge in [0.1, 0.15) is 42.8 Å². The first kappa shape index (κ1) is 26.8. The number of hydrogen-bond donors (Lipinski definition) is 3. The predicted octanol–water partition coefficient (Wildman–Crippen LogP) is 1.27. The van der Waals surface area contributed by atoms with Crippen molar-refractivity contribution in [1.29, 1.82) is 5.26 Å². The van der Waals surface area contributed by atoms with Crippen LogP contribution in [0.15, 0.2) is 18.5 Å². The fraction of sp³-hybridized carbons (Fsp3) is 0.640. The third-order valence-electron chi connectivity index (χ3n) is 7.19. The number of ether oxygens (including phenoxy) is 3. The standard InChI is InChI=1S/C25H34N6O6/c1-24(2,3)20(27)23(34)36-19-16(11-35-18(32)10-14-6-5-7-14)37-25(12-26,21(19)33)17-9-8-15-22(28-4)29-13-30-31(15)17/h8-9,13-14,16,19-21,33H,5-7,10-11,27H2,1-4H3,(H,28,29,30)/t16-,19-,20-,21-,25+/m1/s1. The number of carbonyl (C=O) groups excluding carboxylic acids is 2. The molecule has 2 aromatic heterocycles. The molecule has 0 bridgehead atoms. The summed E-state index contributed by atoms with van der Waals surface area (Å²) in [6, 6.07) is 4.32. The highest BCUT2D eigenvalue weighted by atomic mass is 16.6. The first-order valence-corrected chi connectivity index (χ1v) is 12.4. The van der Waals surface area contributed by atoms with Crippen LogP contribution < -0.4 is 11.1 Å². The number of nitrogens with zero attached hydrogens (tertiary/aromatic N) is 4. The number of anilines is 1. The Bertz CT molecular complexity index is 1200. The van der Waals surface area contributed by atoms with Crippen LogP contribution in [0.1, 0.15) is 52.1 Å². The highest BCUT2D eigenvalue weighted by Gasteiger charge is 2.60. The number of nitrogens with one attached hydrogen (secondary N) is 1. The molecule has 2 fully saturated rings. The second-order valence-electron chi connectivity index (χ2n) is 10.8. The van der Waals surface area contributed by atoms with E-state index in [4.69, 9.17) is 19.9 Å². The second kappa shape index (κ2) is 10.2. The van der Waals surface area contributed by atoms with Gasteiger partial charge in [-0.3, -0.25) is 9.59 Å². The molecule has 5 atom stereocenters. The minimum atomic E-state index is -1.98. The lowest BCUT2D eigenvalue weighted by Crippen LogP contribution is -2.49. The van der Waals surface area contributed by atoms with E-state index in [1.165, 1.54) is 10.8 Å². The highest BCUT2D eigenvalue weighted by Crippen LogP contribution is 2.42. The molecule has 2 aromatic rings. The Morgan fingerprint density at radius 3 is 2.73 bits per heavy atom. The molecule has 2 aliphatic rings. The molecule has 12 nitrogen and oxygen atoms in total. The quantitative estimate of drug-likeness (QED) is 0.433. The molecule has 0 amide bonds. The van der Waals surface area contributed by atoms with Gasteiger partial charge in [-0.1, -0.05) is 27.2 Å². The minimum Gasteiger partial charge on any atom is -0.463 e. The van der Waals surface area contributed by atoms with Crippen molar-refractivity contribution in [3.8, 4) is 6.07 Å². The van der Waals surface area contributed by atoms with Gasteiger partial charge in [0, 0.05) is 13.5 Å². The lowest BCUT2D eigenvalue weighted by Gasteiger charge is -2.29. The number of fused-ring (bicyclic) bond motifs is 1. The van der Waals surface area contributed by atoms with Crippen molar-refractivity contribution in [1.82, 2.24) is 14.6 Å². The Hall–Kier alpha value is -3.27. The predicted molar refractivity (Wildman–Crippen MR) is 131 cm³/mol. The fourth-order valence-corrected chi connectivity index (χ4v) is 4.58.